The molecule has 0 aliphatic carbocycles. The number of amidine groups is 1. The molecule has 1 unspecified atom stereocenters. The second kappa shape index (κ2) is 6.29. The molecule has 1 aromatic rings. The highest BCUT2D eigenvalue weighted by Crippen LogP contribution is 2.22. The number of aromatic nitrogens is 1. The van der Waals surface area contributed by atoms with Crippen LogP contribution in [0.4, 0.5) is 0 Å². The van der Waals surface area contributed by atoms with Gasteiger partial charge in [-0.15, -0.1) is 5.10 Å². The average molecular weight is 292 g/mol. The SMILES string of the molecule is CC(=N/N=C1/NC(=O)C(CC(=O)O)S1)c1ccccn1. The number of carbonyl (C=O) groups excluding carboxylic acids is 1. The lowest BCUT2D eigenvalue weighted by atomic mass is 10.3. The van der Waals surface area contributed by atoms with E-state index in [4.69, 9.17) is 5.11 Å². The zero-order valence-electron chi connectivity index (χ0n) is 10.6. The summed E-state index contributed by atoms with van der Waals surface area (Å²) < 4.78 is 0. The van der Waals surface area contributed by atoms with Crippen LogP contribution < -0.4 is 5.32 Å². The Morgan fingerprint density at radius 3 is 3.00 bits per heavy atom. The molecule has 1 atom stereocenters. The van der Waals surface area contributed by atoms with Gasteiger partial charge in [0.2, 0.25) is 5.91 Å². The Balaban J connectivity index is 2.06. The van der Waals surface area contributed by atoms with E-state index in [1.165, 1.54) is 0 Å². The van der Waals surface area contributed by atoms with Crippen LogP contribution in [0.3, 0.4) is 0 Å². The zero-order chi connectivity index (χ0) is 14.5. The second-order valence-electron chi connectivity index (χ2n) is 4.00. The predicted octanol–water partition coefficient (Wildman–Crippen LogP) is 0.868. The number of hydrogen-bond acceptors (Lipinski definition) is 6. The smallest absolute Gasteiger partial charge is 0.305 e. The maximum Gasteiger partial charge on any atom is 0.305 e. The lowest BCUT2D eigenvalue weighted by Crippen LogP contribution is -2.26. The van der Waals surface area contributed by atoms with E-state index in [0.29, 0.717) is 16.6 Å². The molecule has 1 saturated heterocycles. The van der Waals surface area contributed by atoms with E-state index in [0.717, 1.165) is 11.8 Å². The van der Waals surface area contributed by atoms with Crippen LogP contribution in [0, 0.1) is 0 Å². The molecule has 20 heavy (non-hydrogen) atoms. The number of nitrogens with zero attached hydrogens (tertiary/aromatic N) is 3. The first kappa shape index (κ1) is 14.2. The summed E-state index contributed by atoms with van der Waals surface area (Å²) in [5.41, 5.74) is 1.29. The highest BCUT2D eigenvalue weighted by molar-refractivity contribution is 8.15. The Bertz CT molecular complexity index is 586. The lowest BCUT2D eigenvalue weighted by Gasteiger charge is -1.98. The van der Waals surface area contributed by atoms with Gasteiger partial charge in [-0.3, -0.25) is 14.6 Å². The number of hydrogen-bond donors (Lipinski definition) is 2. The van der Waals surface area contributed by atoms with Gasteiger partial charge in [0.1, 0.15) is 5.25 Å². The maximum absolute atomic E-state index is 11.5. The highest BCUT2D eigenvalue weighted by atomic mass is 32.2. The molecule has 2 rings (SSSR count). The van der Waals surface area contributed by atoms with Crippen LogP contribution in [0.15, 0.2) is 34.6 Å². The standard InChI is InChI=1S/C12H12N4O3S/c1-7(8-4-2-3-5-13-8)15-16-12-14-11(19)9(20-12)6-10(17)18/h2-5,9H,6H2,1H3,(H,17,18)(H,14,16,19). The quantitative estimate of drug-likeness (QED) is 0.633. The van der Waals surface area contributed by atoms with E-state index in [9.17, 15) is 9.59 Å². The van der Waals surface area contributed by atoms with Gasteiger partial charge >= 0.3 is 5.97 Å². The fourth-order valence-corrected chi connectivity index (χ4v) is 2.40. The van der Waals surface area contributed by atoms with Crippen molar-refractivity contribution >= 4 is 34.5 Å². The molecule has 2 heterocycles. The third-order valence-corrected chi connectivity index (χ3v) is 3.54. The minimum atomic E-state index is -1.02. The highest BCUT2D eigenvalue weighted by Gasteiger charge is 2.32. The summed E-state index contributed by atoms with van der Waals surface area (Å²) in [6.45, 7) is 1.75. The molecule has 1 fully saturated rings. The topological polar surface area (TPSA) is 104 Å². The summed E-state index contributed by atoms with van der Waals surface area (Å²) in [6.07, 6.45) is 1.41. The average Bonchev–Trinajstić information content (AvgIpc) is 2.77. The van der Waals surface area contributed by atoms with Gasteiger partial charge in [0.25, 0.3) is 0 Å². The molecule has 0 radical (unpaired) electrons. The number of carboxylic acid groups (broad SMARTS) is 1. The Morgan fingerprint density at radius 2 is 2.35 bits per heavy atom. The Labute approximate surface area is 119 Å². The van der Waals surface area contributed by atoms with Crippen molar-refractivity contribution in [3.8, 4) is 0 Å². The van der Waals surface area contributed by atoms with Crippen molar-refractivity contribution in [2.75, 3.05) is 0 Å². The zero-order valence-corrected chi connectivity index (χ0v) is 11.4. The lowest BCUT2D eigenvalue weighted by molar-refractivity contribution is -0.138. The number of carboxylic acids is 1. The molecule has 1 aliphatic rings. The normalized spacial score (nSPS) is 21.1. The van der Waals surface area contributed by atoms with Gasteiger partial charge in [0.15, 0.2) is 5.17 Å². The first-order chi connectivity index (χ1) is 9.56. The number of carbonyl (C=O) groups is 2. The molecule has 0 bridgehead atoms. The molecule has 8 heteroatoms. The van der Waals surface area contributed by atoms with Crippen LogP contribution in [0.25, 0.3) is 0 Å². The fourth-order valence-electron chi connectivity index (χ4n) is 1.49. The van der Waals surface area contributed by atoms with Crippen LogP contribution in [0.1, 0.15) is 19.0 Å². The Hall–Kier alpha value is -2.22. The monoisotopic (exact) mass is 292 g/mol. The third-order valence-electron chi connectivity index (χ3n) is 2.46. The van der Waals surface area contributed by atoms with Crippen molar-refractivity contribution < 1.29 is 14.7 Å². The molecule has 7 nitrogen and oxygen atoms in total. The van der Waals surface area contributed by atoms with Gasteiger partial charge in [-0.25, -0.2) is 0 Å². The van der Waals surface area contributed by atoms with Crippen molar-refractivity contribution in [2.45, 2.75) is 18.6 Å². The molecule has 0 spiro atoms. The first-order valence-corrected chi connectivity index (χ1v) is 6.67. The van der Waals surface area contributed by atoms with E-state index in [1.807, 2.05) is 6.07 Å². The minimum absolute atomic E-state index is 0.238. The number of amides is 1. The number of aliphatic carboxylic acids is 1. The summed E-state index contributed by atoms with van der Waals surface area (Å²) in [4.78, 5) is 26.2. The van der Waals surface area contributed by atoms with Crippen LogP contribution in [-0.4, -0.2) is 38.1 Å². The van der Waals surface area contributed by atoms with Gasteiger partial charge in [0.05, 0.1) is 17.8 Å². The van der Waals surface area contributed by atoms with E-state index in [2.05, 4.69) is 20.5 Å². The van der Waals surface area contributed by atoms with Crippen LogP contribution in [0.2, 0.25) is 0 Å². The Kier molecular flexibility index (Phi) is 4.46. The predicted molar refractivity (Wildman–Crippen MR) is 75.7 cm³/mol. The van der Waals surface area contributed by atoms with Gasteiger partial charge in [-0.2, -0.15) is 5.10 Å². The second-order valence-corrected chi connectivity index (χ2v) is 5.19. The number of thioether (sulfide) groups is 1. The Morgan fingerprint density at radius 1 is 1.55 bits per heavy atom. The van der Waals surface area contributed by atoms with Gasteiger partial charge in [0, 0.05) is 6.20 Å². The summed E-state index contributed by atoms with van der Waals surface area (Å²) in [5, 5.41) is 18.7. The molecule has 1 amide bonds. The van der Waals surface area contributed by atoms with Crippen molar-refractivity contribution in [2.24, 2.45) is 10.2 Å². The summed E-state index contributed by atoms with van der Waals surface area (Å²) >= 11 is 1.07. The van der Waals surface area contributed by atoms with Crippen molar-refractivity contribution in [3.63, 3.8) is 0 Å². The van der Waals surface area contributed by atoms with Gasteiger partial charge in [-0.05, 0) is 19.1 Å². The minimum Gasteiger partial charge on any atom is -0.481 e. The fraction of sp³-hybridized carbons (Fsp3) is 0.250. The van der Waals surface area contributed by atoms with E-state index < -0.39 is 11.2 Å². The van der Waals surface area contributed by atoms with E-state index in [-0.39, 0.29) is 12.3 Å². The molecular formula is C12H12N4O3S. The molecule has 2 N–H and O–H groups in total. The largest absolute Gasteiger partial charge is 0.481 e. The van der Waals surface area contributed by atoms with Crippen molar-refractivity contribution in [1.82, 2.24) is 10.3 Å². The van der Waals surface area contributed by atoms with Gasteiger partial charge in [-0.1, -0.05) is 17.8 Å². The summed E-state index contributed by atoms with van der Waals surface area (Å²) in [5.74, 6) is -1.38. The molecule has 104 valence electrons. The number of rotatable bonds is 4. The summed E-state index contributed by atoms with van der Waals surface area (Å²) in [7, 11) is 0. The van der Waals surface area contributed by atoms with Crippen LogP contribution >= 0.6 is 11.8 Å². The van der Waals surface area contributed by atoms with E-state index in [1.54, 1.807) is 25.3 Å². The molecule has 0 saturated carbocycles. The first-order valence-electron chi connectivity index (χ1n) is 5.79. The van der Waals surface area contributed by atoms with Crippen LogP contribution in [0.5, 0.6) is 0 Å². The maximum atomic E-state index is 11.5. The molecule has 1 aliphatic heterocycles. The number of nitrogens with one attached hydrogen (secondary N) is 1. The third kappa shape index (κ3) is 3.64. The molecule has 1 aromatic heterocycles. The molecule has 0 aromatic carbocycles. The van der Waals surface area contributed by atoms with Crippen molar-refractivity contribution in [3.05, 3.63) is 30.1 Å². The summed E-state index contributed by atoms with van der Waals surface area (Å²) in [6, 6.07) is 5.43. The number of pyridine rings is 1. The van der Waals surface area contributed by atoms with Crippen molar-refractivity contribution in [1.29, 1.82) is 0 Å². The van der Waals surface area contributed by atoms with E-state index >= 15 is 0 Å². The van der Waals surface area contributed by atoms with Gasteiger partial charge < -0.3 is 10.4 Å². The van der Waals surface area contributed by atoms with Crippen LogP contribution in [-0.2, 0) is 9.59 Å². The molecular weight excluding hydrogens is 280 g/mol.